The lowest BCUT2D eigenvalue weighted by atomic mass is 10.1. The molecule has 0 aliphatic heterocycles. The van der Waals surface area contributed by atoms with Crippen LogP contribution in [0.2, 0.25) is 0 Å². The van der Waals surface area contributed by atoms with E-state index in [1.807, 2.05) is 19.9 Å². The highest BCUT2D eigenvalue weighted by atomic mass is 32.2. The van der Waals surface area contributed by atoms with Crippen molar-refractivity contribution in [2.75, 3.05) is 11.1 Å². The second-order valence-electron chi connectivity index (χ2n) is 4.69. The second kappa shape index (κ2) is 5.90. The first-order chi connectivity index (χ1) is 9.78. The first-order valence-electron chi connectivity index (χ1n) is 6.18. The van der Waals surface area contributed by atoms with E-state index in [-0.39, 0.29) is 4.34 Å². The minimum Gasteiger partial charge on any atom is -0.325 e. The Kier molecular flexibility index (Phi) is 4.38. The van der Waals surface area contributed by atoms with Gasteiger partial charge in [0.1, 0.15) is 10.8 Å². The molecule has 0 fully saturated rings. The van der Waals surface area contributed by atoms with Gasteiger partial charge < -0.3 is 5.32 Å². The van der Waals surface area contributed by atoms with Crippen molar-refractivity contribution in [1.29, 1.82) is 0 Å². The molecule has 0 unspecified atom stereocenters. The molecule has 1 aromatic heterocycles. The number of carbonyl (C=O) groups is 1. The number of carbonyl (C=O) groups excluding carboxylic acids is 1. The van der Waals surface area contributed by atoms with Crippen LogP contribution in [0.5, 0.6) is 0 Å². The standard InChI is InChI=1S/C13H15N3O3S2/c1-8-4-5-11(6-9(8)2)14-12(17)7-21(18,19)13-16-15-10(3)20-13/h4-6H,7H2,1-3H3,(H,14,17). The van der Waals surface area contributed by atoms with Crippen molar-refractivity contribution < 1.29 is 13.2 Å². The van der Waals surface area contributed by atoms with Crippen molar-refractivity contribution >= 4 is 32.8 Å². The molecular weight excluding hydrogens is 310 g/mol. The van der Waals surface area contributed by atoms with E-state index in [1.165, 1.54) is 0 Å². The number of rotatable bonds is 4. The molecule has 112 valence electrons. The van der Waals surface area contributed by atoms with Crippen LogP contribution in [-0.4, -0.2) is 30.3 Å². The molecule has 2 aromatic rings. The van der Waals surface area contributed by atoms with Gasteiger partial charge in [0.05, 0.1) is 0 Å². The summed E-state index contributed by atoms with van der Waals surface area (Å²) in [6, 6.07) is 5.41. The molecule has 1 heterocycles. The third-order valence-corrected chi connectivity index (χ3v) is 5.79. The summed E-state index contributed by atoms with van der Waals surface area (Å²) in [4.78, 5) is 11.9. The lowest BCUT2D eigenvalue weighted by molar-refractivity contribution is -0.113. The molecule has 0 aliphatic carbocycles. The number of amides is 1. The molecule has 0 atom stereocenters. The molecule has 8 heteroatoms. The quantitative estimate of drug-likeness (QED) is 0.927. The molecule has 2 rings (SSSR count). The van der Waals surface area contributed by atoms with Crippen LogP contribution in [0.25, 0.3) is 0 Å². The minimum absolute atomic E-state index is 0.129. The summed E-state index contributed by atoms with van der Waals surface area (Å²) in [5.41, 5.74) is 2.70. The van der Waals surface area contributed by atoms with Gasteiger partial charge in [0, 0.05) is 5.69 Å². The summed E-state index contributed by atoms with van der Waals surface area (Å²) < 4.78 is 23.9. The Balaban J connectivity index is 2.09. The Bertz CT molecular complexity index is 782. The largest absolute Gasteiger partial charge is 0.325 e. The zero-order chi connectivity index (χ0) is 15.6. The molecule has 0 bridgehead atoms. The fraction of sp³-hybridized carbons (Fsp3) is 0.308. The Morgan fingerprint density at radius 2 is 1.90 bits per heavy atom. The van der Waals surface area contributed by atoms with Crippen LogP contribution in [0.4, 0.5) is 5.69 Å². The van der Waals surface area contributed by atoms with Gasteiger partial charge in [0.15, 0.2) is 0 Å². The van der Waals surface area contributed by atoms with Gasteiger partial charge in [-0.15, -0.1) is 10.2 Å². The smallest absolute Gasteiger partial charge is 0.240 e. The number of hydrogen-bond acceptors (Lipinski definition) is 6. The normalized spacial score (nSPS) is 11.4. The molecule has 0 spiro atoms. The van der Waals surface area contributed by atoms with E-state index in [1.54, 1.807) is 19.1 Å². The maximum absolute atomic E-state index is 12.0. The van der Waals surface area contributed by atoms with Gasteiger partial charge in [-0.25, -0.2) is 8.42 Å². The van der Waals surface area contributed by atoms with Gasteiger partial charge in [-0.2, -0.15) is 0 Å². The van der Waals surface area contributed by atoms with Gasteiger partial charge in [-0.1, -0.05) is 17.4 Å². The Morgan fingerprint density at radius 1 is 1.19 bits per heavy atom. The van der Waals surface area contributed by atoms with E-state index >= 15 is 0 Å². The topological polar surface area (TPSA) is 89.0 Å². The van der Waals surface area contributed by atoms with E-state index in [0.717, 1.165) is 22.5 Å². The summed E-state index contributed by atoms with van der Waals surface area (Å²) in [5.74, 6) is -1.24. The lowest BCUT2D eigenvalue weighted by Crippen LogP contribution is -2.23. The van der Waals surface area contributed by atoms with Crippen LogP contribution in [0, 0.1) is 20.8 Å². The molecular formula is C13H15N3O3S2. The zero-order valence-electron chi connectivity index (χ0n) is 11.9. The van der Waals surface area contributed by atoms with Crippen LogP contribution < -0.4 is 5.32 Å². The number of nitrogens with one attached hydrogen (secondary N) is 1. The highest BCUT2D eigenvalue weighted by molar-refractivity contribution is 7.94. The lowest BCUT2D eigenvalue weighted by Gasteiger charge is -2.07. The second-order valence-corrected chi connectivity index (χ2v) is 8.04. The van der Waals surface area contributed by atoms with Gasteiger partial charge >= 0.3 is 0 Å². The third kappa shape index (κ3) is 3.85. The Morgan fingerprint density at radius 3 is 2.48 bits per heavy atom. The summed E-state index contributed by atoms with van der Waals surface area (Å²) >= 11 is 0.957. The molecule has 0 saturated heterocycles. The van der Waals surface area contributed by atoms with Gasteiger partial charge in [-0.3, -0.25) is 4.79 Å². The van der Waals surface area contributed by atoms with Crippen LogP contribution in [0.15, 0.2) is 22.5 Å². The number of hydrogen-bond donors (Lipinski definition) is 1. The van der Waals surface area contributed by atoms with Gasteiger partial charge in [0.25, 0.3) is 0 Å². The molecule has 1 amide bonds. The minimum atomic E-state index is -3.74. The summed E-state index contributed by atoms with van der Waals surface area (Å²) in [7, 11) is -3.74. The van der Waals surface area contributed by atoms with Crippen molar-refractivity contribution in [2.24, 2.45) is 0 Å². The fourth-order valence-electron chi connectivity index (χ4n) is 1.65. The van der Waals surface area contributed by atoms with Crippen molar-refractivity contribution in [3.63, 3.8) is 0 Å². The number of benzene rings is 1. The van der Waals surface area contributed by atoms with Crippen LogP contribution in [-0.2, 0) is 14.6 Å². The first-order valence-corrected chi connectivity index (χ1v) is 8.65. The number of aromatic nitrogens is 2. The average molecular weight is 325 g/mol. The molecule has 0 saturated carbocycles. The molecule has 0 radical (unpaired) electrons. The van der Waals surface area contributed by atoms with E-state index in [9.17, 15) is 13.2 Å². The number of aryl methyl sites for hydroxylation is 3. The van der Waals surface area contributed by atoms with E-state index in [4.69, 9.17) is 0 Å². The van der Waals surface area contributed by atoms with E-state index in [0.29, 0.717) is 10.7 Å². The van der Waals surface area contributed by atoms with Crippen LogP contribution >= 0.6 is 11.3 Å². The molecule has 1 aromatic carbocycles. The van der Waals surface area contributed by atoms with E-state index < -0.39 is 21.5 Å². The first kappa shape index (κ1) is 15.6. The summed E-state index contributed by atoms with van der Waals surface area (Å²) in [5, 5.41) is 10.4. The van der Waals surface area contributed by atoms with E-state index in [2.05, 4.69) is 15.5 Å². The number of sulfone groups is 1. The van der Waals surface area contributed by atoms with Gasteiger partial charge in [0.2, 0.25) is 20.1 Å². The van der Waals surface area contributed by atoms with Crippen molar-refractivity contribution in [3.05, 3.63) is 34.3 Å². The SMILES string of the molecule is Cc1nnc(S(=O)(=O)CC(=O)Nc2ccc(C)c(C)c2)s1. The van der Waals surface area contributed by atoms with Crippen LogP contribution in [0.1, 0.15) is 16.1 Å². The fourth-order valence-corrected chi connectivity index (χ4v) is 3.82. The summed E-state index contributed by atoms with van der Waals surface area (Å²) in [6.45, 7) is 5.54. The Hall–Kier alpha value is -1.80. The van der Waals surface area contributed by atoms with Crippen LogP contribution in [0.3, 0.4) is 0 Å². The molecule has 0 aliphatic rings. The number of anilines is 1. The maximum atomic E-state index is 12.0. The predicted molar refractivity (Wildman–Crippen MR) is 81.2 cm³/mol. The zero-order valence-corrected chi connectivity index (χ0v) is 13.5. The highest BCUT2D eigenvalue weighted by Crippen LogP contribution is 2.17. The van der Waals surface area contributed by atoms with Crippen molar-refractivity contribution in [3.8, 4) is 0 Å². The summed E-state index contributed by atoms with van der Waals surface area (Å²) in [6.07, 6.45) is 0. The van der Waals surface area contributed by atoms with Crippen molar-refractivity contribution in [1.82, 2.24) is 10.2 Å². The molecule has 21 heavy (non-hydrogen) atoms. The van der Waals surface area contributed by atoms with Gasteiger partial charge in [-0.05, 0) is 44.0 Å². The number of nitrogens with zero attached hydrogens (tertiary/aromatic N) is 2. The maximum Gasteiger partial charge on any atom is 0.240 e. The average Bonchev–Trinajstić information content (AvgIpc) is 2.81. The van der Waals surface area contributed by atoms with Crippen molar-refractivity contribution in [2.45, 2.75) is 25.1 Å². The monoisotopic (exact) mass is 325 g/mol. The highest BCUT2D eigenvalue weighted by Gasteiger charge is 2.23. The third-order valence-electron chi connectivity index (χ3n) is 2.89. The molecule has 6 nitrogen and oxygen atoms in total. The molecule has 1 N–H and O–H groups in total. The Labute approximate surface area is 127 Å². The predicted octanol–water partition coefficient (Wildman–Crippen LogP) is 1.88.